The summed E-state index contributed by atoms with van der Waals surface area (Å²) in [7, 11) is 0. The van der Waals surface area contributed by atoms with Gasteiger partial charge in [0.25, 0.3) is 0 Å². The van der Waals surface area contributed by atoms with E-state index in [0.29, 0.717) is 12.2 Å². The molecule has 0 bridgehead atoms. The van der Waals surface area contributed by atoms with E-state index in [1.54, 1.807) is 12.1 Å². The van der Waals surface area contributed by atoms with Gasteiger partial charge >= 0.3 is 0 Å². The number of benzene rings is 3. The Morgan fingerprint density at radius 3 is 2.36 bits per heavy atom. The van der Waals surface area contributed by atoms with Crippen molar-refractivity contribution in [3.8, 4) is 17.5 Å². The SMILES string of the molecule is N#Cc1ccc(COc2ccc(-n3ccc4ccccc43)cc2)cc1. The Bertz CT molecular complexity index is 1040. The summed E-state index contributed by atoms with van der Waals surface area (Å²) in [5.74, 6) is 0.824. The third-order valence-corrected chi connectivity index (χ3v) is 4.20. The highest BCUT2D eigenvalue weighted by Gasteiger charge is 2.03. The maximum absolute atomic E-state index is 8.82. The van der Waals surface area contributed by atoms with Gasteiger partial charge in [-0.15, -0.1) is 0 Å². The van der Waals surface area contributed by atoms with Crippen molar-refractivity contribution in [1.29, 1.82) is 5.26 Å². The van der Waals surface area contributed by atoms with Crippen LogP contribution >= 0.6 is 0 Å². The summed E-state index contributed by atoms with van der Waals surface area (Å²) in [6.07, 6.45) is 2.08. The lowest BCUT2D eigenvalue weighted by Gasteiger charge is -2.09. The fourth-order valence-electron chi connectivity index (χ4n) is 2.85. The quantitative estimate of drug-likeness (QED) is 0.525. The van der Waals surface area contributed by atoms with Gasteiger partial charge in [0.1, 0.15) is 12.4 Å². The Hall–Kier alpha value is -3.51. The molecule has 120 valence electrons. The number of para-hydroxylation sites is 1. The molecule has 0 amide bonds. The molecule has 0 aliphatic carbocycles. The zero-order valence-corrected chi connectivity index (χ0v) is 13.6. The molecule has 0 saturated carbocycles. The molecule has 0 fully saturated rings. The van der Waals surface area contributed by atoms with Gasteiger partial charge in [-0.05, 0) is 59.5 Å². The molecule has 1 aromatic heterocycles. The van der Waals surface area contributed by atoms with Crippen molar-refractivity contribution in [3.05, 3.63) is 96.2 Å². The van der Waals surface area contributed by atoms with Gasteiger partial charge in [0.15, 0.2) is 0 Å². The average Bonchev–Trinajstić information content (AvgIpc) is 3.11. The molecule has 3 aromatic carbocycles. The van der Waals surface area contributed by atoms with Crippen molar-refractivity contribution in [1.82, 2.24) is 4.57 Å². The molecule has 25 heavy (non-hydrogen) atoms. The number of hydrogen-bond acceptors (Lipinski definition) is 2. The Balaban J connectivity index is 1.49. The minimum absolute atomic E-state index is 0.484. The first-order valence-electron chi connectivity index (χ1n) is 8.12. The molecule has 4 aromatic rings. The van der Waals surface area contributed by atoms with E-state index in [-0.39, 0.29) is 0 Å². The van der Waals surface area contributed by atoms with E-state index < -0.39 is 0 Å². The van der Waals surface area contributed by atoms with Gasteiger partial charge in [-0.3, -0.25) is 0 Å². The predicted molar refractivity (Wildman–Crippen MR) is 98.8 cm³/mol. The van der Waals surface area contributed by atoms with E-state index in [1.165, 1.54) is 10.9 Å². The summed E-state index contributed by atoms with van der Waals surface area (Å²) >= 11 is 0. The summed E-state index contributed by atoms with van der Waals surface area (Å²) in [4.78, 5) is 0. The number of hydrogen-bond donors (Lipinski definition) is 0. The molecule has 1 heterocycles. The van der Waals surface area contributed by atoms with Crippen molar-refractivity contribution in [3.63, 3.8) is 0 Å². The molecule has 0 unspecified atom stereocenters. The van der Waals surface area contributed by atoms with Gasteiger partial charge in [0, 0.05) is 11.9 Å². The Labute approximate surface area is 146 Å². The van der Waals surface area contributed by atoms with Crippen LogP contribution in [0.3, 0.4) is 0 Å². The number of aromatic nitrogens is 1. The van der Waals surface area contributed by atoms with Gasteiger partial charge in [-0.2, -0.15) is 5.26 Å². The minimum Gasteiger partial charge on any atom is -0.489 e. The largest absolute Gasteiger partial charge is 0.489 e. The van der Waals surface area contributed by atoms with Crippen LogP contribution in [0.4, 0.5) is 0 Å². The maximum Gasteiger partial charge on any atom is 0.119 e. The smallest absolute Gasteiger partial charge is 0.119 e. The van der Waals surface area contributed by atoms with Gasteiger partial charge in [-0.1, -0.05) is 30.3 Å². The zero-order valence-electron chi connectivity index (χ0n) is 13.6. The van der Waals surface area contributed by atoms with Crippen LogP contribution in [0.25, 0.3) is 16.6 Å². The second-order valence-electron chi connectivity index (χ2n) is 5.84. The fourth-order valence-corrected chi connectivity index (χ4v) is 2.85. The summed E-state index contributed by atoms with van der Waals surface area (Å²) in [5.41, 5.74) is 3.99. The van der Waals surface area contributed by atoms with E-state index in [2.05, 4.69) is 47.2 Å². The first-order chi connectivity index (χ1) is 12.3. The molecule has 0 spiro atoms. The van der Waals surface area contributed by atoms with Crippen LogP contribution in [0.2, 0.25) is 0 Å². The van der Waals surface area contributed by atoms with Gasteiger partial charge in [0.2, 0.25) is 0 Å². The molecular formula is C22H16N2O. The van der Waals surface area contributed by atoms with Gasteiger partial charge < -0.3 is 9.30 Å². The number of fused-ring (bicyclic) bond motifs is 1. The summed E-state index contributed by atoms with van der Waals surface area (Å²) in [6.45, 7) is 0.484. The first kappa shape index (κ1) is 15.0. The number of nitrogens with zero attached hydrogens (tertiary/aromatic N) is 2. The van der Waals surface area contributed by atoms with E-state index in [9.17, 15) is 0 Å². The summed E-state index contributed by atoms with van der Waals surface area (Å²) < 4.78 is 8.00. The lowest BCUT2D eigenvalue weighted by Crippen LogP contribution is -1.96. The Morgan fingerprint density at radius 2 is 1.60 bits per heavy atom. The predicted octanol–water partition coefficient (Wildman–Crippen LogP) is 5.08. The number of ether oxygens (including phenoxy) is 1. The molecule has 0 aliphatic heterocycles. The Morgan fingerprint density at radius 1 is 0.840 bits per heavy atom. The maximum atomic E-state index is 8.82. The minimum atomic E-state index is 0.484. The second kappa shape index (κ2) is 6.54. The third-order valence-electron chi connectivity index (χ3n) is 4.20. The molecule has 0 saturated heterocycles. The summed E-state index contributed by atoms with van der Waals surface area (Å²) in [5, 5.41) is 10.0. The highest BCUT2D eigenvalue weighted by atomic mass is 16.5. The standard InChI is InChI=1S/C22H16N2O/c23-15-17-5-7-18(8-6-17)16-25-21-11-9-20(10-12-21)24-14-13-19-3-1-2-4-22(19)24/h1-14H,16H2. The van der Waals surface area contributed by atoms with Crippen LogP contribution in [-0.4, -0.2) is 4.57 Å². The van der Waals surface area contributed by atoms with Crippen LogP contribution in [0.15, 0.2) is 85.1 Å². The normalized spacial score (nSPS) is 10.5. The summed E-state index contributed by atoms with van der Waals surface area (Å²) in [6, 6.07) is 28.1. The Kier molecular flexibility index (Phi) is 3.94. The average molecular weight is 324 g/mol. The molecule has 0 radical (unpaired) electrons. The first-order valence-corrected chi connectivity index (χ1v) is 8.12. The number of rotatable bonds is 4. The van der Waals surface area contributed by atoms with Crippen molar-refractivity contribution in [2.75, 3.05) is 0 Å². The van der Waals surface area contributed by atoms with E-state index in [1.807, 2.05) is 36.4 Å². The van der Waals surface area contributed by atoms with Crippen LogP contribution < -0.4 is 4.74 Å². The highest BCUT2D eigenvalue weighted by Crippen LogP contribution is 2.22. The van der Waals surface area contributed by atoms with Crippen molar-refractivity contribution >= 4 is 10.9 Å². The van der Waals surface area contributed by atoms with Crippen molar-refractivity contribution in [2.24, 2.45) is 0 Å². The lowest BCUT2D eigenvalue weighted by molar-refractivity contribution is 0.306. The molecule has 0 atom stereocenters. The zero-order chi connectivity index (χ0) is 17.1. The van der Waals surface area contributed by atoms with E-state index in [4.69, 9.17) is 10.00 Å². The molecule has 4 rings (SSSR count). The number of nitriles is 1. The van der Waals surface area contributed by atoms with Crippen molar-refractivity contribution in [2.45, 2.75) is 6.61 Å². The van der Waals surface area contributed by atoms with Gasteiger partial charge in [-0.25, -0.2) is 0 Å². The van der Waals surface area contributed by atoms with Crippen LogP contribution in [0, 0.1) is 11.3 Å². The molecule has 3 nitrogen and oxygen atoms in total. The molecule has 3 heteroatoms. The second-order valence-corrected chi connectivity index (χ2v) is 5.84. The topological polar surface area (TPSA) is 37.9 Å². The molecule has 0 N–H and O–H groups in total. The van der Waals surface area contributed by atoms with Crippen LogP contribution in [0.5, 0.6) is 5.75 Å². The fraction of sp³-hybridized carbons (Fsp3) is 0.0455. The van der Waals surface area contributed by atoms with Crippen LogP contribution in [-0.2, 0) is 6.61 Å². The molecule has 0 aliphatic rings. The van der Waals surface area contributed by atoms with Crippen LogP contribution in [0.1, 0.15) is 11.1 Å². The highest BCUT2D eigenvalue weighted by molar-refractivity contribution is 5.81. The van der Waals surface area contributed by atoms with Gasteiger partial charge in [0.05, 0.1) is 17.1 Å². The van der Waals surface area contributed by atoms with E-state index in [0.717, 1.165) is 17.0 Å². The third kappa shape index (κ3) is 3.11. The lowest BCUT2D eigenvalue weighted by atomic mass is 10.1. The van der Waals surface area contributed by atoms with E-state index >= 15 is 0 Å². The monoisotopic (exact) mass is 324 g/mol. The molecular weight excluding hydrogens is 308 g/mol. The van der Waals surface area contributed by atoms with Crippen molar-refractivity contribution < 1.29 is 4.74 Å².